The molecule has 5 nitrogen and oxygen atoms in total. The molecule has 0 bridgehead atoms. The summed E-state index contributed by atoms with van der Waals surface area (Å²) in [5.41, 5.74) is 1.20. The van der Waals surface area contributed by atoms with E-state index in [1.54, 1.807) is 18.2 Å². The molecule has 2 heterocycles. The van der Waals surface area contributed by atoms with Gasteiger partial charge in [-0.05, 0) is 6.92 Å². The zero-order valence-corrected chi connectivity index (χ0v) is 11.3. The van der Waals surface area contributed by atoms with Gasteiger partial charge in [0, 0.05) is 17.1 Å². The maximum atomic E-state index is 11.8. The van der Waals surface area contributed by atoms with E-state index >= 15 is 0 Å². The minimum atomic E-state index is -0.292. The number of aromatic nitrogens is 2. The van der Waals surface area contributed by atoms with Crippen molar-refractivity contribution in [3.8, 4) is 0 Å². The standard InChI is InChI=1S/C12H14N2O3S/c1-7(2)11(16)17-5-9-4-10(15)14-8(3)6-18-12(14)13-9/h4,6-7H,5H2,1-3H3. The van der Waals surface area contributed by atoms with Crippen molar-refractivity contribution in [1.82, 2.24) is 9.38 Å². The third-order valence-electron chi connectivity index (χ3n) is 2.46. The van der Waals surface area contributed by atoms with Crippen molar-refractivity contribution in [1.29, 1.82) is 0 Å². The van der Waals surface area contributed by atoms with Gasteiger partial charge in [-0.2, -0.15) is 0 Å². The number of thiazole rings is 1. The Labute approximate surface area is 108 Å². The highest BCUT2D eigenvalue weighted by Gasteiger charge is 2.11. The van der Waals surface area contributed by atoms with Gasteiger partial charge in [-0.3, -0.25) is 14.0 Å². The van der Waals surface area contributed by atoms with Gasteiger partial charge in [0.25, 0.3) is 5.56 Å². The second kappa shape index (κ2) is 4.89. The number of aryl methyl sites for hydroxylation is 1. The maximum Gasteiger partial charge on any atom is 0.308 e. The smallest absolute Gasteiger partial charge is 0.308 e. The van der Waals surface area contributed by atoms with Crippen LogP contribution in [-0.4, -0.2) is 15.4 Å². The molecule has 2 rings (SSSR count). The van der Waals surface area contributed by atoms with E-state index in [1.165, 1.54) is 17.4 Å². The topological polar surface area (TPSA) is 60.7 Å². The molecule has 0 saturated carbocycles. The van der Waals surface area contributed by atoms with Gasteiger partial charge in [0.15, 0.2) is 4.96 Å². The highest BCUT2D eigenvalue weighted by Crippen LogP contribution is 2.12. The van der Waals surface area contributed by atoms with Crippen LogP contribution in [0.5, 0.6) is 0 Å². The Balaban J connectivity index is 2.25. The average molecular weight is 266 g/mol. The number of esters is 1. The number of ether oxygens (including phenoxy) is 1. The summed E-state index contributed by atoms with van der Waals surface area (Å²) in [6.07, 6.45) is 0. The molecule has 18 heavy (non-hydrogen) atoms. The van der Waals surface area contributed by atoms with Crippen LogP contribution in [0.4, 0.5) is 0 Å². The van der Waals surface area contributed by atoms with Crippen molar-refractivity contribution in [2.45, 2.75) is 27.4 Å². The van der Waals surface area contributed by atoms with E-state index in [-0.39, 0.29) is 24.1 Å². The third kappa shape index (κ3) is 2.43. The number of hydrogen-bond donors (Lipinski definition) is 0. The first-order chi connectivity index (χ1) is 8.49. The number of nitrogens with zero attached hydrogens (tertiary/aromatic N) is 2. The largest absolute Gasteiger partial charge is 0.459 e. The lowest BCUT2D eigenvalue weighted by Gasteiger charge is -2.06. The van der Waals surface area contributed by atoms with Gasteiger partial charge in [0.1, 0.15) is 6.61 Å². The minimum Gasteiger partial charge on any atom is -0.459 e. The van der Waals surface area contributed by atoms with Gasteiger partial charge >= 0.3 is 5.97 Å². The first-order valence-corrected chi connectivity index (χ1v) is 6.50. The van der Waals surface area contributed by atoms with Crippen LogP contribution in [0, 0.1) is 12.8 Å². The van der Waals surface area contributed by atoms with E-state index < -0.39 is 0 Å². The average Bonchev–Trinajstić information content (AvgIpc) is 2.68. The molecular weight excluding hydrogens is 252 g/mol. The highest BCUT2D eigenvalue weighted by atomic mass is 32.1. The molecule has 0 aliphatic rings. The molecule has 0 aromatic carbocycles. The summed E-state index contributed by atoms with van der Waals surface area (Å²) in [5.74, 6) is -0.474. The number of carbonyl (C=O) groups excluding carboxylic acids is 1. The predicted octanol–water partition coefficient (Wildman–Crippen LogP) is 1.76. The van der Waals surface area contributed by atoms with Crippen molar-refractivity contribution in [2.24, 2.45) is 5.92 Å². The Hall–Kier alpha value is -1.69. The summed E-state index contributed by atoms with van der Waals surface area (Å²) in [5, 5.41) is 1.87. The van der Waals surface area contributed by atoms with Crippen LogP contribution < -0.4 is 5.56 Å². The maximum absolute atomic E-state index is 11.8. The van der Waals surface area contributed by atoms with Gasteiger partial charge in [-0.15, -0.1) is 11.3 Å². The highest BCUT2D eigenvalue weighted by molar-refractivity contribution is 7.15. The quantitative estimate of drug-likeness (QED) is 0.794. The Morgan fingerprint density at radius 2 is 2.28 bits per heavy atom. The predicted molar refractivity (Wildman–Crippen MR) is 68.7 cm³/mol. The molecule has 0 unspecified atom stereocenters. The van der Waals surface area contributed by atoms with Gasteiger partial charge in [-0.1, -0.05) is 13.8 Å². The number of fused-ring (bicyclic) bond motifs is 1. The molecular formula is C12H14N2O3S. The number of carbonyl (C=O) groups is 1. The van der Waals surface area contributed by atoms with Crippen LogP contribution in [-0.2, 0) is 16.1 Å². The van der Waals surface area contributed by atoms with E-state index in [0.29, 0.717) is 10.7 Å². The zero-order valence-electron chi connectivity index (χ0n) is 10.5. The second-order valence-electron chi connectivity index (χ2n) is 4.34. The van der Waals surface area contributed by atoms with Gasteiger partial charge < -0.3 is 4.74 Å². The molecule has 0 radical (unpaired) electrons. The molecule has 0 aliphatic carbocycles. The first-order valence-electron chi connectivity index (χ1n) is 5.62. The summed E-state index contributed by atoms with van der Waals surface area (Å²) < 4.78 is 6.60. The summed E-state index contributed by atoms with van der Waals surface area (Å²) in [7, 11) is 0. The third-order valence-corrected chi connectivity index (χ3v) is 3.41. The SMILES string of the molecule is Cc1csc2nc(COC(=O)C(C)C)cc(=O)n12. The second-order valence-corrected chi connectivity index (χ2v) is 5.18. The summed E-state index contributed by atoms with van der Waals surface area (Å²) >= 11 is 1.39. The lowest BCUT2D eigenvalue weighted by Crippen LogP contribution is -2.17. The summed E-state index contributed by atoms with van der Waals surface area (Å²) in [4.78, 5) is 28.1. The van der Waals surface area contributed by atoms with Crippen molar-refractivity contribution < 1.29 is 9.53 Å². The van der Waals surface area contributed by atoms with Crippen LogP contribution in [0.1, 0.15) is 25.2 Å². The number of hydrogen-bond acceptors (Lipinski definition) is 5. The van der Waals surface area contributed by atoms with Crippen LogP contribution in [0.25, 0.3) is 4.96 Å². The summed E-state index contributed by atoms with van der Waals surface area (Å²) in [6, 6.07) is 1.40. The van der Waals surface area contributed by atoms with E-state index in [1.807, 2.05) is 12.3 Å². The zero-order chi connectivity index (χ0) is 13.3. The van der Waals surface area contributed by atoms with Crippen LogP contribution in [0.2, 0.25) is 0 Å². The van der Waals surface area contributed by atoms with Crippen LogP contribution >= 0.6 is 11.3 Å². The molecule has 0 aliphatic heterocycles. The van der Waals surface area contributed by atoms with E-state index in [4.69, 9.17) is 4.74 Å². The minimum absolute atomic E-state index is 0.0414. The van der Waals surface area contributed by atoms with Crippen molar-refractivity contribution in [2.75, 3.05) is 0 Å². The molecule has 0 amide bonds. The van der Waals surface area contributed by atoms with Crippen LogP contribution in [0.3, 0.4) is 0 Å². The normalized spacial score (nSPS) is 11.1. The molecule has 2 aromatic heterocycles. The lowest BCUT2D eigenvalue weighted by atomic mass is 10.2. The van der Waals surface area contributed by atoms with Gasteiger partial charge in [0.2, 0.25) is 0 Å². The Morgan fingerprint density at radius 3 is 2.94 bits per heavy atom. The lowest BCUT2D eigenvalue weighted by molar-refractivity contribution is -0.148. The van der Waals surface area contributed by atoms with E-state index in [2.05, 4.69) is 4.98 Å². The van der Waals surface area contributed by atoms with Gasteiger partial charge in [-0.25, -0.2) is 4.98 Å². The molecule has 96 valence electrons. The fraction of sp³-hybridized carbons (Fsp3) is 0.417. The molecule has 0 saturated heterocycles. The van der Waals surface area contributed by atoms with E-state index in [0.717, 1.165) is 5.69 Å². The first kappa shape index (κ1) is 12.8. The van der Waals surface area contributed by atoms with Crippen LogP contribution in [0.15, 0.2) is 16.2 Å². The Kier molecular flexibility index (Phi) is 3.47. The fourth-order valence-corrected chi connectivity index (χ4v) is 2.38. The molecule has 6 heteroatoms. The molecule has 0 atom stereocenters. The van der Waals surface area contributed by atoms with Crippen molar-refractivity contribution in [3.63, 3.8) is 0 Å². The monoisotopic (exact) mass is 266 g/mol. The number of rotatable bonds is 3. The van der Waals surface area contributed by atoms with Crippen molar-refractivity contribution >= 4 is 22.3 Å². The van der Waals surface area contributed by atoms with Crippen molar-refractivity contribution in [3.05, 3.63) is 33.2 Å². The van der Waals surface area contributed by atoms with Gasteiger partial charge in [0.05, 0.1) is 11.6 Å². The molecule has 0 spiro atoms. The Bertz CT molecular complexity index is 642. The molecule has 0 fully saturated rings. The fourth-order valence-electron chi connectivity index (χ4n) is 1.49. The summed E-state index contributed by atoms with van der Waals surface area (Å²) in [6.45, 7) is 5.41. The Morgan fingerprint density at radius 1 is 1.56 bits per heavy atom. The van der Waals surface area contributed by atoms with E-state index in [9.17, 15) is 9.59 Å². The molecule has 0 N–H and O–H groups in total. The molecule has 2 aromatic rings.